The fourth-order valence-corrected chi connectivity index (χ4v) is 13.0. The summed E-state index contributed by atoms with van der Waals surface area (Å²) in [5.41, 5.74) is 0.0646. The van der Waals surface area contributed by atoms with E-state index in [-0.39, 0.29) is 31.1 Å². The first-order chi connectivity index (χ1) is 27.0. The van der Waals surface area contributed by atoms with E-state index in [4.69, 9.17) is 9.47 Å². The SMILES string of the molecule is CC[C@]12C=CCN3CCC4(c5cc([C@@]6(C(=O)OC)CC7CC(C)[N@@](CCc8c6[nH]c6ccccc86)C7)c(OC)cc5N(C)C4[C@@](O)(C(=O)NCCCO)[C@@H]1O)C32. The second-order valence-electron chi connectivity index (χ2n) is 17.5. The number of ether oxygens (including phenoxy) is 2. The average Bonchev–Trinajstić information content (AvgIpc) is 3.96. The number of hydrogen-bond acceptors (Lipinski definition) is 10. The third kappa shape index (κ3) is 4.70. The number of H-pyrrole nitrogens is 1. The van der Waals surface area contributed by atoms with Crippen LogP contribution in [0.5, 0.6) is 5.75 Å². The number of aliphatic hydroxyl groups is 3. The Kier molecular flexibility index (Phi) is 8.94. The van der Waals surface area contributed by atoms with Gasteiger partial charge in [0.05, 0.1) is 20.3 Å². The van der Waals surface area contributed by atoms with Crippen LogP contribution in [0.3, 0.4) is 0 Å². The zero-order chi connectivity index (χ0) is 39.4. The summed E-state index contributed by atoms with van der Waals surface area (Å²) < 4.78 is 12.3. The predicted octanol–water partition coefficient (Wildman–Crippen LogP) is 2.99. The van der Waals surface area contributed by atoms with Crippen molar-refractivity contribution in [1.82, 2.24) is 20.1 Å². The van der Waals surface area contributed by atoms with Crippen LogP contribution in [0, 0.1) is 11.3 Å². The van der Waals surface area contributed by atoms with Gasteiger partial charge in [-0.1, -0.05) is 37.3 Å². The second kappa shape index (κ2) is 13.3. The van der Waals surface area contributed by atoms with Crippen LogP contribution in [0.1, 0.15) is 68.3 Å². The first kappa shape index (κ1) is 37.6. The Hall–Kier alpha value is -3.94. The van der Waals surface area contributed by atoms with Gasteiger partial charge in [-0.2, -0.15) is 0 Å². The molecule has 5 N–H and O–H groups in total. The number of aromatic amines is 1. The van der Waals surface area contributed by atoms with E-state index in [1.54, 1.807) is 7.11 Å². The van der Waals surface area contributed by atoms with Crippen molar-refractivity contribution in [3.63, 3.8) is 0 Å². The number of esters is 1. The number of fused-ring (bicyclic) bond motifs is 6. The van der Waals surface area contributed by atoms with Gasteiger partial charge in [-0.25, -0.2) is 0 Å². The molecule has 2 saturated heterocycles. The average molecular weight is 768 g/mol. The van der Waals surface area contributed by atoms with Crippen molar-refractivity contribution in [3.05, 3.63) is 70.9 Å². The number of benzene rings is 2. The van der Waals surface area contributed by atoms with Gasteiger partial charge >= 0.3 is 5.97 Å². The molecular formula is C44H57N5O7. The maximum absolute atomic E-state index is 15.1. The van der Waals surface area contributed by atoms with Crippen LogP contribution >= 0.6 is 0 Å². The number of nitrogens with zero attached hydrogens (tertiary/aromatic N) is 3. The summed E-state index contributed by atoms with van der Waals surface area (Å²) in [6.45, 7) is 7.52. The molecule has 1 amide bonds. The largest absolute Gasteiger partial charge is 0.496 e. The maximum Gasteiger partial charge on any atom is 0.322 e. The number of aromatic nitrogens is 1. The molecule has 2 aromatic carbocycles. The van der Waals surface area contributed by atoms with Crippen molar-refractivity contribution >= 4 is 28.5 Å². The van der Waals surface area contributed by atoms with Gasteiger partial charge < -0.3 is 44.9 Å². The number of amides is 1. The number of carbonyl (C=O) groups excluding carboxylic acids is 2. The van der Waals surface area contributed by atoms with Gasteiger partial charge in [0, 0.05) is 96.7 Å². The smallest absolute Gasteiger partial charge is 0.322 e. The molecular weight excluding hydrogens is 711 g/mol. The maximum atomic E-state index is 15.1. The Morgan fingerprint density at radius 1 is 1.09 bits per heavy atom. The van der Waals surface area contributed by atoms with E-state index in [1.807, 2.05) is 37.1 Å². The number of methoxy groups -OCH3 is 2. The first-order valence-electron chi connectivity index (χ1n) is 20.6. The van der Waals surface area contributed by atoms with Crippen LogP contribution in [-0.4, -0.2) is 132 Å². The molecule has 1 spiro atoms. The van der Waals surface area contributed by atoms with Gasteiger partial charge in [-0.3, -0.25) is 14.5 Å². The molecule has 1 aromatic heterocycles. The molecule has 1 aliphatic carbocycles. The first-order valence-corrected chi connectivity index (χ1v) is 20.6. The summed E-state index contributed by atoms with van der Waals surface area (Å²) >= 11 is 0. The van der Waals surface area contributed by atoms with Gasteiger partial charge in [0.25, 0.3) is 5.91 Å². The molecule has 12 heteroatoms. The zero-order valence-electron chi connectivity index (χ0n) is 33.3. The van der Waals surface area contributed by atoms with Gasteiger partial charge in [-0.15, -0.1) is 0 Å². The van der Waals surface area contributed by atoms with Crippen molar-refractivity contribution in [2.45, 2.75) is 93.0 Å². The Bertz CT molecular complexity index is 2100. The predicted molar refractivity (Wildman–Crippen MR) is 213 cm³/mol. The number of hydrogen-bond donors (Lipinski definition) is 5. The third-order valence-electron chi connectivity index (χ3n) is 15.2. The lowest BCUT2D eigenvalue weighted by molar-refractivity contribution is -0.203. The molecule has 12 nitrogen and oxygen atoms in total. The van der Waals surface area contributed by atoms with Gasteiger partial charge in [-0.05, 0) is 81.2 Å². The number of nitrogens with one attached hydrogen (secondary N) is 2. The molecule has 6 aliphatic rings. The minimum Gasteiger partial charge on any atom is -0.496 e. The second-order valence-corrected chi connectivity index (χ2v) is 17.5. The van der Waals surface area contributed by atoms with Crippen LogP contribution < -0.4 is 15.0 Å². The van der Waals surface area contributed by atoms with Crippen molar-refractivity contribution in [1.29, 1.82) is 0 Å². The van der Waals surface area contributed by atoms with E-state index in [1.165, 1.54) is 7.11 Å². The van der Waals surface area contributed by atoms with E-state index in [9.17, 15) is 20.1 Å². The summed E-state index contributed by atoms with van der Waals surface area (Å²) in [6, 6.07) is 11.7. The standard InChI is InChI=1S/C44H57N5O7/c1-6-41-14-9-17-48-19-15-42(36(41)48)30-22-31(34(55-4)23-33(30)47(3)37(42)44(54,38(41)51)39(52)45-16-10-20-50)43(40(53)56-5)24-27-21-26(2)49(25-27)18-13-29-28-11-7-8-12-32(28)46-35(29)43/h7-9,11-12,14,22-23,26-27,36-38,46,50-51,54H,6,10,13,15-21,24-25H2,1-5H3,(H,45,52)/t26?,27?,36?,37?,38-,41-,42?,43+,44+/m1/s1. The number of carbonyl (C=O) groups is 2. The molecule has 0 radical (unpaired) electrons. The molecule has 1 saturated carbocycles. The summed E-state index contributed by atoms with van der Waals surface area (Å²) in [5, 5.41) is 39.3. The number of anilines is 1. The topological polar surface area (TPSA) is 151 Å². The highest BCUT2D eigenvalue weighted by atomic mass is 16.5. The molecule has 9 rings (SSSR count). The minimum absolute atomic E-state index is 0.112. The molecule has 10 atom stereocenters. The summed E-state index contributed by atoms with van der Waals surface area (Å²) in [6.07, 6.45) is 6.36. The Balaban J connectivity index is 1.34. The zero-order valence-corrected chi connectivity index (χ0v) is 33.3. The van der Waals surface area contributed by atoms with Crippen molar-refractivity contribution in [2.24, 2.45) is 11.3 Å². The number of para-hydroxylation sites is 1. The van der Waals surface area contributed by atoms with E-state index in [0.29, 0.717) is 56.1 Å². The molecule has 6 heterocycles. The van der Waals surface area contributed by atoms with Crippen LogP contribution in [0.15, 0.2) is 48.6 Å². The molecule has 300 valence electrons. The Morgan fingerprint density at radius 2 is 1.89 bits per heavy atom. The van der Waals surface area contributed by atoms with Crippen LogP contribution in [0.25, 0.3) is 10.9 Å². The molecule has 2 bridgehead atoms. The number of likely N-dealkylation sites (N-methyl/N-ethyl adjacent to an activating group) is 1. The highest BCUT2D eigenvalue weighted by molar-refractivity contribution is 5.95. The lowest BCUT2D eigenvalue weighted by atomic mass is 9.47. The van der Waals surface area contributed by atoms with E-state index in [2.05, 4.69) is 57.4 Å². The quantitative estimate of drug-likeness (QED) is 0.132. The fraction of sp³-hybridized carbons (Fsp3) is 0.591. The highest BCUT2D eigenvalue weighted by Crippen LogP contribution is 2.67. The normalized spacial score (nSPS) is 36.9. The van der Waals surface area contributed by atoms with Crippen LogP contribution in [0.4, 0.5) is 5.69 Å². The lowest BCUT2D eigenvalue weighted by Crippen LogP contribution is -2.81. The van der Waals surface area contributed by atoms with Crippen molar-refractivity contribution in [3.8, 4) is 5.75 Å². The molecule has 3 aromatic rings. The molecule has 3 fully saturated rings. The lowest BCUT2D eigenvalue weighted by Gasteiger charge is -2.63. The van der Waals surface area contributed by atoms with Crippen molar-refractivity contribution < 1.29 is 34.4 Å². The minimum atomic E-state index is -2.23. The molecule has 5 aliphatic heterocycles. The third-order valence-corrected chi connectivity index (χ3v) is 15.2. The monoisotopic (exact) mass is 767 g/mol. The number of rotatable bonds is 8. The molecule has 5 unspecified atom stereocenters. The summed E-state index contributed by atoms with van der Waals surface area (Å²) in [4.78, 5) is 40.4. The van der Waals surface area contributed by atoms with E-state index >= 15 is 4.79 Å². The van der Waals surface area contributed by atoms with Crippen LogP contribution in [-0.2, 0) is 31.6 Å². The van der Waals surface area contributed by atoms with Gasteiger partial charge in [0.1, 0.15) is 17.3 Å². The Labute approximate surface area is 328 Å². The fourth-order valence-electron chi connectivity index (χ4n) is 13.0. The van der Waals surface area contributed by atoms with Crippen LogP contribution in [0.2, 0.25) is 0 Å². The number of aliphatic hydroxyl groups excluding tert-OH is 2. The van der Waals surface area contributed by atoms with E-state index in [0.717, 1.165) is 59.3 Å². The summed E-state index contributed by atoms with van der Waals surface area (Å²) in [5.74, 6) is -0.279. The highest BCUT2D eigenvalue weighted by Gasteiger charge is 2.78. The van der Waals surface area contributed by atoms with Crippen molar-refractivity contribution in [2.75, 3.05) is 65.5 Å². The van der Waals surface area contributed by atoms with Gasteiger partial charge in [0.2, 0.25) is 0 Å². The van der Waals surface area contributed by atoms with E-state index < -0.39 is 39.9 Å². The van der Waals surface area contributed by atoms with Gasteiger partial charge in [0.15, 0.2) is 5.60 Å². The Morgan fingerprint density at radius 3 is 2.64 bits per heavy atom. The summed E-state index contributed by atoms with van der Waals surface area (Å²) in [7, 11) is 5.01. The molecule has 56 heavy (non-hydrogen) atoms.